The lowest BCUT2D eigenvalue weighted by molar-refractivity contribution is 0.0950. The molecule has 0 spiro atoms. The monoisotopic (exact) mass is 543 g/mol. The summed E-state index contributed by atoms with van der Waals surface area (Å²) in [7, 11) is 0. The van der Waals surface area contributed by atoms with Crippen molar-refractivity contribution in [1.29, 1.82) is 0 Å². The summed E-state index contributed by atoms with van der Waals surface area (Å²) in [6, 6.07) is 21.6. The van der Waals surface area contributed by atoms with Crippen LogP contribution in [0, 0.1) is 5.82 Å². The molecule has 1 amide bonds. The Bertz CT molecular complexity index is 1290. The molecule has 0 saturated carbocycles. The van der Waals surface area contributed by atoms with E-state index in [4.69, 9.17) is 0 Å². The molecule has 6 nitrogen and oxygen atoms in total. The number of piperazine rings is 2. The van der Waals surface area contributed by atoms with Gasteiger partial charge in [-0.15, -0.1) is 0 Å². The van der Waals surface area contributed by atoms with Gasteiger partial charge in [0.25, 0.3) is 5.91 Å². The van der Waals surface area contributed by atoms with Crippen molar-refractivity contribution in [3.8, 4) is 11.1 Å². The first kappa shape index (κ1) is 28.4. The third-order valence-corrected chi connectivity index (χ3v) is 8.09. The van der Waals surface area contributed by atoms with E-state index in [0.29, 0.717) is 23.7 Å². The Hall–Kier alpha value is -3.10. The maximum Gasteiger partial charge on any atom is 0.251 e. The molecule has 3 aromatic carbocycles. The number of hydrogen-bond donors (Lipinski definition) is 2. The van der Waals surface area contributed by atoms with Crippen molar-refractivity contribution in [2.45, 2.75) is 39.5 Å². The number of rotatable bonds is 9. The van der Waals surface area contributed by atoms with E-state index in [1.165, 1.54) is 11.6 Å². The fourth-order valence-corrected chi connectivity index (χ4v) is 5.77. The summed E-state index contributed by atoms with van der Waals surface area (Å²) < 4.78 is 14.9. The molecule has 2 heterocycles. The highest BCUT2D eigenvalue weighted by molar-refractivity contribution is 5.94. The van der Waals surface area contributed by atoms with E-state index < -0.39 is 0 Å². The maximum atomic E-state index is 14.9. The highest BCUT2D eigenvalue weighted by atomic mass is 19.1. The van der Waals surface area contributed by atoms with Gasteiger partial charge in [-0.3, -0.25) is 14.6 Å². The Labute approximate surface area is 238 Å². The van der Waals surface area contributed by atoms with Crippen molar-refractivity contribution >= 4 is 5.91 Å². The van der Waals surface area contributed by atoms with Crippen LogP contribution in [0.25, 0.3) is 11.1 Å². The number of likely N-dealkylation sites (N-methyl/N-ethyl adjacent to an activating group) is 1. The van der Waals surface area contributed by atoms with Crippen LogP contribution in [0.4, 0.5) is 4.39 Å². The average molecular weight is 544 g/mol. The van der Waals surface area contributed by atoms with Gasteiger partial charge in [0, 0.05) is 82.6 Å². The molecular formula is C33H42FN5O. The smallest absolute Gasteiger partial charge is 0.251 e. The Morgan fingerprint density at radius 1 is 0.875 bits per heavy atom. The molecule has 3 aromatic rings. The minimum atomic E-state index is -0.254. The number of carbonyl (C=O) groups is 1. The van der Waals surface area contributed by atoms with Crippen molar-refractivity contribution in [3.63, 3.8) is 0 Å². The number of halogens is 1. The van der Waals surface area contributed by atoms with E-state index in [0.717, 1.165) is 82.1 Å². The van der Waals surface area contributed by atoms with Crippen LogP contribution in [0.5, 0.6) is 0 Å². The Balaban J connectivity index is 1.20. The molecule has 2 fully saturated rings. The molecule has 0 radical (unpaired) electrons. The van der Waals surface area contributed by atoms with Gasteiger partial charge in [0.1, 0.15) is 5.82 Å². The fourth-order valence-electron chi connectivity index (χ4n) is 5.77. The number of carbonyl (C=O) groups excluding carboxylic acids is 1. The lowest BCUT2D eigenvalue weighted by atomic mass is 10.00. The molecule has 1 atom stereocenters. The summed E-state index contributed by atoms with van der Waals surface area (Å²) in [5, 5.41) is 6.51. The van der Waals surface area contributed by atoms with E-state index in [-0.39, 0.29) is 11.7 Å². The molecule has 0 aliphatic carbocycles. The largest absolute Gasteiger partial charge is 0.348 e. The molecule has 0 bridgehead atoms. The zero-order valence-corrected chi connectivity index (χ0v) is 23.8. The van der Waals surface area contributed by atoms with Gasteiger partial charge in [0.2, 0.25) is 0 Å². The van der Waals surface area contributed by atoms with Gasteiger partial charge in [-0.1, -0.05) is 43.3 Å². The second-order valence-electron chi connectivity index (χ2n) is 11.2. The third kappa shape index (κ3) is 7.55. The first-order chi connectivity index (χ1) is 19.5. The Morgan fingerprint density at radius 2 is 1.60 bits per heavy atom. The molecule has 40 heavy (non-hydrogen) atoms. The molecule has 2 aliphatic heterocycles. The number of benzene rings is 3. The summed E-state index contributed by atoms with van der Waals surface area (Å²) in [6.07, 6.45) is 0. The van der Waals surface area contributed by atoms with Crippen molar-refractivity contribution in [2.75, 3.05) is 52.4 Å². The number of nitrogens with zero attached hydrogens (tertiary/aromatic N) is 3. The second-order valence-corrected chi connectivity index (χ2v) is 11.2. The minimum Gasteiger partial charge on any atom is -0.348 e. The topological polar surface area (TPSA) is 50.9 Å². The van der Waals surface area contributed by atoms with E-state index >= 15 is 0 Å². The standard InChI is InChI=1S/C33H42FN5O/c1-3-37-14-16-38(17-15-37)23-28-7-5-9-30(19-28)33(40)36-21-26-10-11-32(34)31(20-26)29-8-4-6-27(18-29)24-39-13-12-35-25(2)22-39/h4-11,18-20,25,35H,3,12-17,21-24H2,1-2H3,(H,36,40). The van der Waals surface area contributed by atoms with Crippen LogP contribution in [-0.4, -0.2) is 79.0 Å². The number of amides is 1. The zero-order chi connectivity index (χ0) is 27.9. The Kier molecular flexibility index (Phi) is 9.60. The predicted octanol–water partition coefficient (Wildman–Crippen LogP) is 4.35. The van der Waals surface area contributed by atoms with Crippen molar-refractivity contribution in [2.24, 2.45) is 0 Å². The van der Waals surface area contributed by atoms with Crippen LogP contribution in [0.3, 0.4) is 0 Å². The first-order valence-electron chi connectivity index (χ1n) is 14.6. The van der Waals surface area contributed by atoms with E-state index in [1.807, 2.05) is 36.4 Å². The van der Waals surface area contributed by atoms with E-state index in [1.54, 1.807) is 6.07 Å². The first-order valence-corrected chi connectivity index (χ1v) is 14.6. The van der Waals surface area contributed by atoms with E-state index in [2.05, 4.69) is 57.4 Å². The molecule has 7 heteroatoms. The van der Waals surface area contributed by atoms with Crippen LogP contribution in [-0.2, 0) is 19.6 Å². The van der Waals surface area contributed by atoms with Gasteiger partial charge in [0.15, 0.2) is 0 Å². The lowest BCUT2D eigenvalue weighted by Crippen LogP contribution is -2.48. The summed E-state index contributed by atoms with van der Waals surface area (Å²) in [4.78, 5) is 20.4. The molecule has 5 rings (SSSR count). The van der Waals surface area contributed by atoms with Gasteiger partial charge in [-0.05, 0) is 66.1 Å². The predicted molar refractivity (Wildman–Crippen MR) is 160 cm³/mol. The van der Waals surface area contributed by atoms with Crippen LogP contribution in [0.2, 0.25) is 0 Å². The molecule has 212 valence electrons. The highest BCUT2D eigenvalue weighted by Gasteiger charge is 2.18. The second kappa shape index (κ2) is 13.5. The van der Waals surface area contributed by atoms with Crippen LogP contribution in [0.1, 0.15) is 40.9 Å². The molecule has 2 N–H and O–H groups in total. The van der Waals surface area contributed by atoms with Gasteiger partial charge < -0.3 is 15.5 Å². The quantitative estimate of drug-likeness (QED) is 0.420. The molecule has 2 aliphatic rings. The van der Waals surface area contributed by atoms with Crippen LogP contribution < -0.4 is 10.6 Å². The van der Waals surface area contributed by atoms with Gasteiger partial charge in [-0.2, -0.15) is 0 Å². The lowest BCUT2D eigenvalue weighted by Gasteiger charge is -2.34. The summed E-state index contributed by atoms with van der Waals surface area (Å²) >= 11 is 0. The van der Waals surface area contributed by atoms with Crippen LogP contribution >= 0.6 is 0 Å². The third-order valence-electron chi connectivity index (χ3n) is 8.09. The van der Waals surface area contributed by atoms with Gasteiger partial charge in [-0.25, -0.2) is 4.39 Å². The van der Waals surface area contributed by atoms with Gasteiger partial charge >= 0.3 is 0 Å². The normalized spacial score (nSPS) is 19.0. The SMILES string of the molecule is CCN1CCN(Cc2cccc(C(=O)NCc3ccc(F)c(-c4cccc(CN5CCNC(C)C5)c4)c3)c2)CC1. The summed E-state index contributed by atoms with van der Waals surface area (Å²) in [5.74, 6) is -0.369. The highest BCUT2D eigenvalue weighted by Crippen LogP contribution is 2.26. The minimum absolute atomic E-state index is 0.115. The van der Waals surface area contributed by atoms with Crippen molar-refractivity contribution in [3.05, 3.63) is 94.8 Å². The van der Waals surface area contributed by atoms with Gasteiger partial charge in [0.05, 0.1) is 0 Å². The summed E-state index contributed by atoms with van der Waals surface area (Å²) in [6.45, 7) is 14.9. The zero-order valence-electron chi connectivity index (χ0n) is 23.8. The Morgan fingerprint density at radius 3 is 2.38 bits per heavy atom. The fraction of sp³-hybridized carbons (Fsp3) is 0.424. The maximum absolute atomic E-state index is 14.9. The van der Waals surface area contributed by atoms with Crippen LogP contribution in [0.15, 0.2) is 66.7 Å². The molecule has 1 unspecified atom stereocenters. The molecule has 2 saturated heterocycles. The average Bonchev–Trinajstić information content (AvgIpc) is 2.97. The van der Waals surface area contributed by atoms with Crippen molar-refractivity contribution < 1.29 is 9.18 Å². The van der Waals surface area contributed by atoms with E-state index in [9.17, 15) is 9.18 Å². The molecular weight excluding hydrogens is 501 g/mol. The number of hydrogen-bond acceptors (Lipinski definition) is 5. The molecule has 0 aromatic heterocycles. The van der Waals surface area contributed by atoms with Crippen molar-refractivity contribution in [1.82, 2.24) is 25.3 Å². The number of nitrogens with one attached hydrogen (secondary N) is 2. The summed E-state index contributed by atoms with van der Waals surface area (Å²) in [5.41, 5.74) is 5.28.